The molecule has 0 bridgehead atoms. The maximum Gasteiger partial charge on any atom is 0.244 e. The zero-order chi connectivity index (χ0) is 16.2. The van der Waals surface area contributed by atoms with Crippen LogP contribution in [0.4, 0.5) is 11.4 Å². The number of thioether (sulfide) groups is 1. The Bertz CT molecular complexity index is 745. The lowest BCUT2D eigenvalue weighted by molar-refractivity contribution is -0.121. The summed E-state index contributed by atoms with van der Waals surface area (Å²) < 4.78 is 0. The van der Waals surface area contributed by atoms with Crippen LogP contribution in [0.1, 0.15) is 12.0 Å². The fourth-order valence-corrected chi connectivity index (χ4v) is 3.17. The van der Waals surface area contributed by atoms with Crippen molar-refractivity contribution in [2.75, 3.05) is 23.0 Å². The Hall–Kier alpha value is -2.27. The van der Waals surface area contributed by atoms with Gasteiger partial charge in [-0.2, -0.15) is 0 Å². The van der Waals surface area contributed by atoms with Crippen LogP contribution < -0.4 is 10.2 Å². The lowest BCUT2D eigenvalue weighted by Gasteiger charge is -2.28. The van der Waals surface area contributed by atoms with Crippen molar-refractivity contribution < 1.29 is 9.59 Å². The van der Waals surface area contributed by atoms with Crippen molar-refractivity contribution in [3.8, 4) is 0 Å². The Morgan fingerprint density at radius 3 is 2.83 bits per heavy atom. The Balaban J connectivity index is 1.73. The zero-order valence-corrected chi connectivity index (χ0v) is 13.7. The van der Waals surface area contributed by atoms with Gasteiger partial charge in [-0.05, 0) is 42.5 Å². The minimum absolute atomic E-state index is 0.00304. The third-order valence-corrected chi connectivity index (χ3v) is 4.57. The number of anilines is 2. The normalized spacial score (nSPS) is 13.6. The minimum atomic E-state index is -0.187. The van der Waals surface area contributed by atoms with Crippen LogP contribution >= 0.6 is 11.8 Å². The summed E-state index contributed by atoms with van der Waals surface area (Å²) >= 11 is 1.62. The summed E-state index contributed by atoms with van der Waals surface area (Å²) in [6, 6.07) is 15.4. The molecule has 0 unspecified atom stereocenters. The highest BCUT2D eigenvalue weighted by atomic mass is 32.2. The van der Waals surface area contributed by atoms with Gasteiger partial charge in [-0.1, -0.05) is 24.3 Å². The smallest absolute Gasteiger partial charge is 0.244 e. The summed E-state index contributed by atoms with van der Waals surface area (Å²) in [5.41, 5.74) is 2.71. The molecule has 0 saturated carbocycles. The number of fused-ring (bicyclic) bond motifs is 1. The molecule has 0 aliphatic carbocycles. The van der Waals surface area contributed by atoms with E-state index < -0.39 is 0 Å². The van der Waals surface area contributed by atoms with Gasteiger partial charge >= 0.3 is 0 Å². The maximum atomic E-state index is 12.3. The number of amides is 2. The van der Waals surface area contributed by atoms with E-state index in [-0.39, 0.29) is 18.4 Å². The molecule has 0 spiro atoms. The Morgan fingerprint density at radius 2 is 2.00 bits per heavy atom. The fourth-order valence-electron chi connectivity index (χ4n) is 2.71. The fraction of sp³-hybridized carbons (Fsp3) is 0.222. The summed E-state index contributed by atoms with van der Waals surface area (Å²) in [4.78, 5) is 27.2. The van der Waals surface area contributed by atoms with E-state index in [1.807, 2.05) is 54.8 Å². The van der Waals surface area contributed by atoms with Gasteiger partial charge in [0.15, 0.2) is 0 Å². The number of nitrogens with zero attached hydrogens (tertiary/aromatic N) is 1. The molecule has 23 heavy (non-hydrogen) atoms. The molecular weight excluding hydrogens is 308 g/mol. The highest BCUT2D eigenvalue weighted by molar-refractivity contribution is 7.98. The molecule has 1 N–H and O–H groups in total. The lowest BCUT2D eigenvalue weighted by Crippen LogP contribution is -2.40. The maximum absolute atomic E-state index is 12.3. The van der Waals surface area contributed by atoms with E-state index in [4.69, 9.17) is 0 Å². The summed E-state index contributed by atoms with van der Waals surface area (Å²) in [5, 5.41) is 2.87. The van der Waals surface area contributed by atoms with Crippen LogP contribution in [-0.4, -0.2) is 24.6 Å². The van der Waals surface area contributed by atoms with Gasteiger partial charge in [0.1, 0.15) is 6.54 Å². The minimum Gasteiger partial charge on any atom is -0.324 e. The predicted octanol–water partition coefficient (Wildman–Crippen LogP) is 3.33. The SMILES string of the molecule is CSc1cccc(NC(=O)CN2C(=O)CCc3ccccc32)c1. The second-order valence-electron chi connectivity index (χ2n) is 5.39. The molecule has 5 heteroatoms. The molecule has 3 rings (SSSR count). The highest BCUT2D eigenvalue weighted by Crippen LogP contribution is 2.27. The van der Waals surface area contributed by atoms with Gasteiger partial charge in [0.25, 0.3) is 0 Å². The van der Waals surface area contributed by atoms with E-state index in [2.05, 4.69) is 5.32 Å². The van der Waals surface area contributed by atoms with Crippen molar-refractivity contribution in [3.63, 3.8) is 0 Å². The summed E-state index contributed by atoms with van der Waals surface area (Å²) in [7, 11) is 0. The average molecular weight is 326 g/mol. The van der Waals surface area contributed by atoms with E-state index in [1.54, 1.807) is 16.7 Å². The van der Waals surface area contributed by atoms with Crippen LogP contribution in [0.2, 0.25) is 0 Å². The van der Waals surface area contributed by atoms with E-state index in [9.17, 15) is 9.59 Å². The molecule has 0 fully saturated rings. The number of hydrogen-bond acceptors (Lipinski definition) is 3. The summed E-state index contributed by atoms with van der Waals surface area (Å²) in [6.07, 6.45) is 3.18. The quantitative estimate of drug-likeness (QED) is 0.877. The Morgan fingerprint density at radius 1 is 1.17 bits per heavy atom. The summed E-state index contributed by atoms with van der Waals surface area (Å²) in [6.45, 7) is 0.0410. The number of benzene rings is 2. The predicted molar refractivity (Wildman–Crippen MR) is 94.0 cm³/mol. The van der Waals surface area contributed by atoms with Crippen LogP contribution in [-0.2, 0) is 16.0 Å². The number of hydrogen-bond donors (Lipinski definition) is 1. The van der Waals surface area contributed by atoms with Crippen LogP contribution in [0.3, 0.4) is 0 Å². The van der Waals surface area contributed by atoms with Crippen molar-refractivity contribution >= 4 is 35.0 Å². The number of para-hydroxylation sites is 1. The third kappa shape index (κ3) is 3.56. The molecule has 118 valence electrons. The standard InChI is InChI=1S/C18H18N2O2S/c1-23-15-7-4-6-14(11-15)19-17(21)12-20-16-8-3-2-5-13(16)9-10-18(20)22/h2-8,11H,9-10,12H2,1H3,(H,19,21). The second kappa shape index (κ2) is 6.87. The molecular formula is C18H18N2O2S. The van der Waals surface area contributed by atoms with Gasteiger partial charge in [-0.3, -0.25) is 9.59 Å². The van der Waals surface area contributed by atoms with Crippen LogP contribution in [0.25, 0.3) is 0 Å². The van der Waals surface area contributed by atoms with Gasteiger partial charge in [-0.25, -0.2) is 0 Å². The molecule has 1 aliphatic heterocycles. The number of carbonyl (C=O) groups excluding carboxylic acids is 2. The van der Waals surface area contributed by atoms with Gasteiger partial charge in [-0.15, -0.1) is 11.8 Å². The van der Waals surface area contributed by atoms with E-state index >= 15 is 0 Å². The third-order valence-electron chi connectivity index (χ3n) is 3.85. The van der Waals surface area contributed by atoms with Crippen LogP contribution in [0.15, 0.2) is 53.4 Å². The van der Waals surface area contributed by atoms with Crippen molar-refractivity contribution in [2.24, 2.45) is 0 Å². The average Bonchev–Trinajstić information content (AvgIpc) is 2.57. The van der Waals surface area contributed by atoms with Crippen molar-refractivity contribution in [1.29, 1.82) is 0 Å². The van der Waals surface area contributed by atoms with Gasteiger partial charge < -0.3 is 10.2 Å². The molecule has 4 nitrogen and oxygen atoms in total. The molecule has 2 aromatic rings. The lowest BCUT2D eigenvalue weighted by atomic mass is 10.0. The van der Waals surface area contributed by atoms with E-state index in [0.29, 0.717) is 6.42 Å². The molecule has 1 aliphatic rings. The second-order valence-corrected chi connectivity index (χ2v) is 6.27. The molecule has 0 radical (unpaired) electrons. The van der Waals surface area contributed by atoms with Crippen molar-refractivity contribution in [3.05, 3.63) is 54.1 Å². The molecule has 0 saturated heterocycles. The number of nitrogens with one attached hydrogen (secondary N) is 1. The molecule has 1 heterocycles. The molecule has 2 aromatic carbocycles. The monoisotopic (exact) mass is 326 g/mol. The Kier molecular flexibility index (Phi) is 4.67. The van der Waals surface area contributed by atoms with Gasteiger partial charge in [0.2, 0.25) is 11.8 Å². The van der Waals surface area contributed by atoms with Crippen molar-refractivity contribution in [2.45, 2.75) is 17.7 Å². The zero-order valence-electron chi connectivity index (χ0n) is 12.9. The largest absolute Gasteiger partial charge is 0.324 e. The first-order chi connectivity index (χ1) is 11.2. The number of carbonyl (C=O) groups is 2. The molecule has 0 atom stereocenters. The first-order valence-electron chi connectivity index (χ1n) is 7.49. The van der Waals surface area contributed by atoms with Crippen LogP contribution in [0.5, 0.6) is 0 Å². The van der Waals surface area contributed by atoms with E-state index in [1.165, 1.54) is 0 Å². The van der Waals surface area contributed by atoms with Gasteiger partial charge in [0, 0.05) is 22.7 Å². The summed E-state index contributed by atoms with van der Waals surface area (Å²) in [5.74, 6) is -0.190. The first-order valence-corrected chi connectivity index (χ1v) is 8.72. The van der Waals surface area contributed by atoms with Crippen molar-refractivity contribution in [1.82, 2.24) is 0 Å². The molecule has 0 aromatic heterocycles. The topological polar surface area (TPSA) is 49.4 Å². The van der Waals surface area contributed by atoms with Gasteiger partial charge in [0.05, 0.1) is 0 Å². The highest BCUT2D eigenvalue weighted by Gasteiger charge is 2.25. The number of rotatable bonds is 4. The Labute approximate surface area is 139 Å². The first kappa shape index (κ1) is 15.6. The number of aryl methyl sites for hydroxylation is 1. The molecule has 2 amide bonds. The van der Waals surface area contributed by atoms with E-state index in [0.717, 1.165) is 28.3 Å². The van der Waals surface area contributed by atoms with Crippen LogP contribution in [0, 0.1) is 0 Å².